The molecule has 2 aliphatic carbocycles. The van der Waals surface area contributed by atoms with Crippen LogP contribution in [0.2, 0.25) is 0 Å². The Bertz CT molecular complexity index is 778. The highest BCUT2D eigenvalue weighted by Crippen LogP contribution is 2.35. The number of ketones is 2. The van der Waals surface area contributed by atoms with E-state index in [0.29, 0.717) is 10.0 Å². The second-order valence-electron chi connectivity index (χ2n) is 4.46. The van der Waals surface area contributed by atoms with Crippen LogP contribution in [0, 0.1) is 0 Å². The van der Waals surface area contributed by atoms with Gasteiger partial charge in [-0.25, -0.2) is 31.3 Å². The standard InChI is InChI=1S/C12H11BrN6O4/c13-4-3-6(19(17)12(15)23)8-7(20)2-1-5(9(8)10(4)21)18(16)11(14)22/h1-3H,16-17H2,(H2,14,22)(H2,15,23). The van der Waals surface area contributed by atoms with Crippen LogP contribution in [0.25, 0.3) is 0 Å². The molecule has 0 fully saturated rings. The number of Topliss-reactive ketones (excluding diaryl/α,β-unsaturated/α-hetero) is 1. The van der Waals surface area contributed by atoms with Gasteiger partial charge in [0.2, 0.25) is 5.78 Å². The molecule has 0 radical (unpaired) electrons. The summed E-state index contributed by atoms with van der Waals surface area (Å²) in [6.07, 6.45) is 3.40. The second-order valence-corrected chi connectivity index (χ2v) is 5.31. The van der Waals surface area contributed by atoms with Crippen molar-refractivity contribution >= 4 is 39.6 Å². The normalized spacial score (nSPS) is 17.1. The van der Waals surface area contributed by atoms with Crippen molar-refractivity contribution in [1.29, 1.82) is 0 Å². The summed E-state index contributed by atoms with van der Waals surface area (Å²) in [6.45, 7) is 0. The molecule has 0 aromatic carbocycles. The Morgan fingerprint density at radius 2 is 1.43 bits per heavy atom. The molecule has 120 valence electrons. The number of hydrazine groups is 2. The second kappa shape index (κ2) is 5.79. The summed E-state index contributed by atoms with van der Waals surface area (Å²) in [5.74, 6) is 9.82. The predicted octanol–water partition coefficient (Wildman–Crippen LogP) is -0.996. The van der Waals surface area contributed by atoms with Crippen molar-refractivity contribution in [2.75, 3.05) is 0 Å². The molecule has 2 rings (SSSR count). The van der Waals surface area contributed by atoms with Crippen molar-refractivity contribution in [2.45, 2.75) is 0 Å². The van der Waals surface area contributed by atoms with Crippen LogP contribution >= 0.6 is 15.9 Å². The first-order valence-corrected chi connectivity index (χ1v) is 6.77. The number of hydrogen-bond donors (Lipinski definition) is 4. The molecule has 0 aliphatic heterocycles. The SMILES string of the molecule is NC(=O)N(N)C1=C2C(=O)C=CC(N(N)C(N)=O)=C2C(=O)C(Br)=C1. The van der Waals surface area contributed by atoms with Gasteiger partial charge in [-0.3, -0.25) is 9.59 Å². The number of fused-ring (bicyclic) bond motifs is 1. The Labute approximate surface area is 137 Å². The van der Waals surface area contributed by atoms with Crippen molar-refractivity contribution in [1.82, 2.24) is 10.0 Å². The summed E-state index contributed by atoms with van der Waals surface area (Å²) in [5.41, 5.74) is 9.52. The van der Waals surface area contributed by atoms with Crippen LogP contribution in [0.5, 0.6) is 0 Å². The van der Waals surface area contributed by atoms with E-state index >= 15 is 0 Å². The maximum Gasteiger partial charge on any atom is 0.333 e. The summed E-state index contributed by atoms with van der Waals surface area (Å²) < 4.78 is -0.0126. The smallest absolute Gasteiger partial charge is 0.333 e. The van der Waals surface area contributed by atoms with Crippen molar-refractivity contribution < 1.29 is 19.2 Å². The van der Waals surface area contributed by atoms with Crippen LogP contribution in [0.4, 0.5) is 9.59 Å². The van der Waals surface area contributed by atoms with Gasteiger partial charge in [-0.05, 0) is 34.2 Å². The molecule has 0 bridgehead atoms. The molecule has 0 heterocycles. The maximum atomic E-state index is 12.4. The van der Waals surface area contributed by atoms with E-state index in [1.54, 1.807) is 0 Å². The zero-order valence-corrected chi connectivity index (χ0v) is 13.0. The number of nitrogens with zero attached hydrogens (tertiary/aromatic N) is 2. The summed E-state index contributed by atoms with van der Waals surface area (Å²) >= 11 is 3.01. The zero-order chi connectivity index (χ0) is 17.5. The van der Waals surface area contributed by atoms with Crippen molar-refractivity contribution in [3.8, 4) is 0 Å². The minimum Gasteiger partial charge on any atom is -0.350 e. The van der Waals surface area contributed by atoms with Gasteiger partial charge in [-0.15, -0.1) is 0 Å². The first kappa shape index (κ1) is 16.6. The van der Waals surface area contributed by atoms with E-state index in [9.17, 15) is 19.2 Å². The Kier molecular flexibility index (Phi) is 4.18. The van der Waals surface area contributed by atoms with E-state index < -0.39 is 23.6 Å². The molecule has 0 saturated heterocycles. The lowest BCUT2D eigenvalue weighted by molar-refractivity contribution is -0.114. The number of amides is 4. The van der Waals surface area contributed by atoms with E-state index in [0.717, 1.165) is 12.2 Å². The molecular weight excluding hydrogens is 372 g/mol. The third-order valence-electron chi connectivity index (χ3n) is 3.10. The lowest BCUT2D eigenvalue weighted by Gasteiger charge is -2.28. The molecule has 2 aliphatic rings. The molecule has 0 spiro atoms. The summed E-state index contributed by atoms with van der Waals surface area (Å²) in [7, 11) is 0. The minimum absolute atomic E-state index is 0.0126. The third kappa shape index (κ3) is 2.67. The van der Waals surface area contributed by atoms with Gasteiger partial charge in [-0.2, -0.15) is 0 Å². The summed E-state index contributed by atoms with van der Waals surface area (Å²) in [5, 5.41) is 1.01. The average Bonchev–Trinajstić information content (AvgIpc) is 2.49. The number of halogens is 1. The Morgan fingerprint density at radius 3 is 1.96 bits per heavy atom. The minimum atomic E-state index is -1.05. The number of hydrogen-bond acceptors (Lipinski definition) is 6. The quantitative estimate of drug-likeness (QED) is 0.270. The molecular formula is C12H11BrN6O4. The van der Waals surface area contributed by atoms with E-state index in [1.807, 2.05) is 0 Å². The van der Waals surface area contributed by atoms with Crippen LogP contribution in [0.15, 0.2) is 45.3 Å². The first-order chi connectivity index (χ1) is 10.7. The highest BCUT2D eigenvalue weighted by molar-refractivity contribution is 9.12. The monoisotopic (exact) mass is 382 g/mol. The van der Waals surface area contributed by atoms with Crippen LogP contribution in [0.1, 0.15) is 0 Å². The predicted molar refractivity (Wildman–Crippen MR) is 81.4 cm³/mol. The molecule has 0 aromatic rings. The largest absolute Gasteiger partial charge is 0.350 e. The van der Waals surface area contributed by atoms with Gasteiger partial charge in [0.1, 0.15) is 0 Å². The molecule has 11 heteroatoms. The highest BCUT2D eigenvalue weighted by atomic mass is 79.9. The highest BCUT2D eigenvalue weighted by Gasteiger charge is 2.37. The molecule has 0 aromatic heterocycles. The van der Waals surface area contributed by atoms with Gasteiger partial charge in [-0.1, -0.05) is 0 Å². The lowest BCUT2D eigenvalue weighted by atomic mass is 9.86. The van der Waals surface area contributed by atoms with Gasteiger partial charge < -0.3 is 11.5 Å². The van der Waals surface area contributed by atoms with E-state index in [2.05, 4.69) is 15.9 Å². The Morgan fingerprint density at radius 1 is 0.913 bits per heavy atom. The molecule has 0 saturated carbocycles. The Hall–Kier alpha value is -2.76. The molecule has 0 unspecified atom stereocenters. The summed E-state index contributed by atoms with van der Waals surface area (Å²) in [4.78, 5) is 47.1. The van der Waals surface area contributed by atoms with E-state index in [4.69, 9.17) is 23.2 Å². The van der Waals surface area contributed by atoms with Crippen LogP contribution in [0.3, 0.4) is 0 Å². The Balaban J connectivity index is 2.81. The molecule has 10 nitrogen and oxygen atoms in total. The van der Waals surface area contributed by atoms with Crippen LogP contribution in [-0.2, 0) is 9.59 Å². The zero-order valence-electron chi connectivity index (χ0n) is 11.4. The van der Waals surface area contributed by atoms with E-state index in [1.165, 1.54) is 6.08 Å². The molecule has 23 heavy (non-hydrogen) atoms. The maximum absolute atomic E-state index is 12.4. The van der Waals surface area contributed by atoms with Crippen LogP contribution in [-0.4, -0.2) is 33.6 Å². The number of allylic oxidation sites excluding steroid dienone is 6. The third-order valence-corrected chi connectivity index (χ3v) is 3.69. The topological polar surface area (TPSA) is 179 Å². The number of carbonyl (C=O) groups excluding carboxylic acids is 4. The van der Waals surface area contributed by atoms with Crippen LogP contribution < -0.4 is 23.2 Å². The number of carbonyl (C=O) groups is 4. The molecule has 8 N–H and O–H groups in total. The van der Waals surface area contributed by atoms with Gasteiger partial charge in [0.25, 0.3) is 0 Å². The fourth-order valence-electron chi connectivity index (χ4n) is 2.06. The van der Waals surface area contributed by atoms with Crippen molar-refractivity contribution in [2.24, 2.45) is 23.2 Å². The van der Waals surface area contributed by atoms with Crippen molar-refractivity contribution in [3.05, 3.63) is 45.3 Å². The van der Waals surface area contributed by atoms with Gasteiger partial charge in [0.05, 0.1) is 27.0 Å². The summed E-state index contributed by atoms with van der Waals surface area (Å²) in [6, 6.07) is -2.11. The molecule has 4 amide bonds. The average molecular weight is 383 g/mol. The van der Waals surface area contributed by atoms with E-state index in [-0.39, 0.29) is 27.0 Å². The fourth-order valence-corrected chi connectivity index (χ4v) is 2.48. The number of urea groups is 2. The fraction of sp³-hybridized carbons (Fsp3) is 0. The first-order valence-electron chi connectivity index (χ1n) is 5.98. The van der Waals surface area contributed by atoms with Crippen molar-refractivity contribution in [3.63, 3.8) is 0 Å². The lowest BCUT2D eigenvalue weighted by Crippen LogP contribution is -2.45. The molecule has 0 atom stereocenters. The van der Waals surface area contributed by atoms with Gasteiger partial charge in [0.15, 0.2) is 5.78 Å². The number of primary amides is 2. The number of rotatable bonds is 2. The van der Waals surface area contributed by atoms with Gasteiger partial charge in [0, 0.05) is 0 Å². The van der Waals surface area contributed by atoms with Gasteiger partial charge >= 0.3 is 12.1 Å². The number of nitrogens with two attached hydrogens (primary N) is 4.